The lowest BCUT2D eigenvalue weighted by atomic mass is 9.93. The van der Waals surface area contributed by atoms with E-state index >= 15 is 0 Å². The smallest absolute Gasteiger partial charge is 0.329 e. The number of nitrogens with one attached hydrogen (secondary N) is 1. The molecular formula is C15H22N2O4. The van der Waals surface area contributed by atoms with Crippen molar-refractivity contribution in [1.29, 1.82) is 0 Å². The van der Waals surface area contributed by atoms with E-state index in [1.54, 1.807) is 0 Å². The third-order valence-electron chi connectivity index (χ3n) is 4.32. The van der Waals surface area contributed by atoms with Crippen LogP contribution < -0.4 is 5.32 Å². The zero-order valence-electron chi connectivity index (χ0n) is 12.7. The second kappa shape index (κ2) is 5.87. The number of hydrogen-bond acceptors (Lipinski definition) is 4. The monoisotopic (exact) mass is 294 g/mol. The molecule has 6 nitrogen and oxygen atoms in total. The normalized spacial score (nSPS) is 18.4. The number of amides is 1. The Labute approximate surface area is 123 Å². The van der Waals surface area contributed by atoms with Crippen LogP contribution in [0.1, 0.15) is 62.0 Å². The summed E-state index contributed by atoms with van der Waals surface area (Å²) in [7, 11) is 0. The maximum Gasteiger partial charge on any atom is 0.329 e. The SMILES string of the molecule is Cc1noc(C)c1C(C)CC(=O)NC1(C(=O)O)CCCC1. The summed E-state index contributed by atoms with van der Waals surface area (Å²) >= 11 is 0. The Morgan fingerprint density at radius 2 is 2.00 bits per heavy atom. The summed E-state index contributed by atoms with van der Waals surface area (Å²) in [6.07, 6.45) is 2.93. The van der Waals surface area contributed by atoms with Crippen molar-refractivity contribution < 1.29 is 19.2 Å². The van der Waals surface area contributed by atoms with Crippen molar-refractivity contribution in [2.75, 3.05) is 0 Å². The van der Waals surface area contributed by atoms with Gasteiger partial charge in [0.25, 0.3) is 0 Å². The zero-order valence-corrected chi connectivity index (χ0v) is 12.7. The summed E-state index contributed by atoms with van der Waals surface area (Å²) in [6, 6.07) is 0. The van der Waals surface area contributed by atoms with E-state index in [4.69, 9.17) is 4.52 Å². The number of nitrogens with zero attached hydrogens (tertiary/aromatic N) is 1. The van der Waals surface area contributed by atoms with E-state index in [-0.39, 0.29) is 18.2 Å². The highest BCUT2D eigenvalue weighted by molar-refractivity contribution is 5.87. The first kappa shape index (κ1) is 15.5. The maximum atomic E-state index is 12.2. The number of aromatic nitrogens is 1. The van der Waals surface area contributed by atoms with Gasteiger partial charge in [0.1, 0.15) is 11.3 Å². The van der Waals surface area contributed by atoms with E-state index in [1.807, 2.05) is 20.8 Å². The van der Waals surface area contributed by atoms with Gasteiger partial charge in [-0.15, -0.1) is 0 Å². The van der Waals surface area contributed by atoms with Gasteiger partial charge in [-0.2, -0.15) is 0 Å². The molecule has 1 aliphatic rings. The summed E-state index contributed by atoms with van der Waals surface area (Å²) in [5, 5.41) is 16.0. The lowest BCUT2D eigenvalue weighted by Gasteiger charge is -2.26. The van der Waals surface area contributed by atoms with Crippen molar-refractivity contribution >= 4 is 11.9 Å². The molecule has 1 amide bonds. The fourth-order valence-electron chi connectivity index (χ4n) is 3.26. The summed E-state index contributed by atoms with van der Waals surface area (Å²) in [5.74, 6) is -0.504. The molecule has 0 aliphatic heterocycles. The number of carboxylic acid groups (broad SMARTS) is 1. The van der Waals surface area contributed by atoms with Crippen LogP contribution in [0.5, 0.6) is 0 Å². The summed E-state index contributed by atoms with van der Waals surface area (Å²) < 4.78 is 5.11. The minimum Gasteiger partial charge on any atom is -0.480 e. The van der Waals surface area contributed by atoms with Crippen molar-refractivity contribution in [3.05, 3.63) is 17.0 Å². The van der Waals surface area contributed by atoms with Crippen LogP contribution in [0.25, 0.3) is 0 Å². The zero-order chi connectivity index (χ0) is 15.6. The van der Waals surface area contributed by atoms with Crippen molar-refractivity contribution in [3.63, 3.8) is 0 Å². The van der Waals surface area contributed by atoms with Crippen molar-refractivity contribution in [3.8, 4) is 0 Å². The third-order valence-corrected chi connectivity index (χ3v) is 4.32. The molecule has 1 aliphatic carbocycles. The van der Waals surface area contributed by atoms with Gasteiger partial charge in [-0.1, -0.05) is 24.9 Å². The number of rotatable bonds is 5. The molecule has 21 heavy (non-hydrogen) atoms. The van der Waals surface area contributed by atoms with Gasteiger partial charge in [-0.3, -0.25) is 4.79 Å². The maximum absolute atomic E-state index is 12.2. The highest BCUT2D eigenvalue weighted by atomic mass is 16.5. The van der Waals surface area contributed by atoms with Gasteiger partial charge >= 0.3 is 5.97 Å². The van der Waals surface area contributed by atoms with Crippen molar-refractivity contribution in [2.24, 2.45) is 0 Å². The van der Waals surface area contributed by atoms with Crippen LogP contribution in [-0.2, 0) is 9.59 Å². The lowest BCUT2D eigenvalue weighted by Crippen LogP contribution is -2.52. The van der Waals surface area contributed by atoms with Gasteiger partial charge in [0.15, 0.2) is 0 Å². The quantitative estimate of drug-likeness (QED) is 0.869. The molecule has 1 unspecified atom stereocenters. The van der Waals surface area contributed by atoms with Gasteiger partial charge in [0.2, 0.25) is 5.91 Å². The Morgan fingerprint density at radius 3 is 2.48 bits per heavy atom. The molecule has 0 saturated heterocycles. The Bertz CT molecular complexity index is 524. The third kappa shape index (κ3) is 3.09. The molecule has 116 valence electrons. The summed E-state index contributed by atoms with van der Waals surface area (Å²) in [6.45, 7) is 5.59. The molecule has 0 radical (unpaired) electrons. The van der Waals surface area contributed by atoms with Crippen LogP contribution in [0.2, 0.25) is 0 Å². The van der Waals surface area contributed by atoms with Gasteiger partial charge in [-0.05, 0) is 32.6 Å². The number of carbonyl (C=O) groups is 2. The molecule has 1 aromatic heterocycles. The van der Waals surface area contributed by atoms with E-state index < -0.39 is 11.5 Å². The van der Waals surface area contributed by atoms with E-state index in [0.717, 1.165) is 24.1 Å². The van der Waals surface area contributed by atoms with E-state index in [1.165, 1.54) is 0 Å². The molecule has 0 bridgehead atoms. The molecule has 1 fully saturated rings. The van der Waals surface area contributed by atoms with E-state index in [2.05, 4.69) is 10.5 Å². The van der Waals surface area contributed by atoms with Crippen LogP contribution in [0.15, 0.2) is 4.52 Å². The second-order valence-electron chi connectivity index (χ2n) is 5.99. The molecule has 0 spiro atoms. The number of carboxylic acids is 1. The van der Waals surface area contributed by atoms with Gasteiger partial charge in [-0.25, -0.2) is 4.79 Å². The fraction of sp³-hybridized carbons (Fsp3) is 0.667. The minimum atomic E-state index is -1.07. The fourth-order valence-corrected chi connectivity index (χ4v) is 3.26. The molecule has 1 aromatic rings. The topological polar surface area (TPSA) is 92.4 Å². The number of hydrogen-bond donors (Lipinski definition) is 2. The summed E-state index contributed by atoms with van der Waals surface area (Å²) in [5.41, 5.74) is 0.637. The van der Waals surface area contributed by atoms with Gasteiger partial charge in [0, 0.05) is 12.0 Å². The Balaban J connectivity index is 2.03. The second-order valence-corrected chi connectivity index (χ2v) is 5.99. The molecular weight excluding hydrogens is 272 g/mol. The molecule has 2 N–H and O–H groups in total. The largest absolute Gasteiger partial charge is 0.480 e. The van der Waals surface area contributed by atoms with Crippen molar-refractivity contribution in [2.45, 2.75) is 64.3 Å². The van der Waals surface area contributed by atoms with Crippen LogP contribution in [0.3, 0.4) is 0 Å². The highest BCUT2D eigenvalue weighted by Crippen LogP contribution is 2.31. The molecule has 6 heteroatoms. The van der Waals surface area contributed by atoms with Crippen molar-refractivity contribution in [1.82, 2.24) is 10.5 Å². The molecule has 1 heterocycles. The lowest BCUT2D eigenvalue weighted by molar-refractivity contribution is -0.147. The number of aliphatic carboxylic acids is 1. The molecule has 2 rings (SSSR count). The van der Waals surface area contributed by atoms with Gasteiger partial charge in [0.05, 0.1) is 5.69 Å². The van der Waals surface area contributed by atoms with Crippen LogP contribution >= 0.6 is 0 Å². The standard InChI is InChI=1S/C15H22N2O4/c1-9(13-10(2)17-21-11(13)3)8-12(18)16-15(14(19)20)6-4-5-7-15/h9H,4-8H2,1-3H3,(H,16,18)(H,19,20). The molecule has 0 aromatic carbocycles. The first-order valence-electron chi connectivity index (χ1n) is 7.33. The Kier molecular flexibility index (Phi) is 4.34. The highest BCUT2D eigenvalue weighted by Gasteiger charge is 2.42. The van der Waals surface area contributed by atoms with Gasteiger partial charge < -0.3 is 14.9 Å². The summed E-state index contributed by atoms with van der Waals surface area (Å²) in [4.78, 5) is 23.7. The molecule has 1 atom stereocenters. The van der Waals surface area contributed by atoms with Crippen LogP contribution in [0.4, 0.5) is 0 Å². The van der Waals surface area contributed by atoms with Crippen LogP contribution in [-0.4, -0.2) is 27.7 Å². The Morgan fingerprint density at radius 1 is 1.38 bits per heavy atom. The van der Waals surface area contributed by atoms with E-state index in [9.17, 15) is 14.7 Å². The van der Waals surface area contributed by atoms with E-state index in [0.29, 0.717) is 18.6 Å². The van der Waals surface area contributed by atoms with Crippen LogP contribution in [0, 0.1) is 13.8 Å². The first-order valence-corrected chi connectivity index (χ1v) is 7.33. The average Bonchev–Trinajstić information content (AvgIpc) is 2.97. The number of aryl methyl sites for hydroxylation is 2. The molecule has 1 saturated carbocycles. The minimum absolute atomic E-state index is 0.0523. The number of carbonyl (C=O) groups excluding carboxylic acids is 1. The predicted molar refractivity (Wildman–Crippen MR) is 76.0 cm³/mol. The first-order chi connectivity index (χ1) is 9.85. The Hall–Kier alpha value is -1.85. The average molecular weight is 294 g/mol. The predicted octanol–water partition coefficient (Wildman–Crippen LogP) is 2.30.